The van der Waals surface area contributed by atoms with E-state index in [0.717, 1.165) is 10.4 Å². The van der Waals surface area contributed by atoms with Gasteiger partial charge in [0.05, 0.1) is 6.54 Å². The van der Waals surface area contributed by atoms with Crippen molar-refractivity contribution < 1.29 is 4.79 Å². The molecule has 24 heavy (non-hydrogen) atoms. The largest absolute Gasteiger partial charge is 0.322 e. The second-order valence-corrected chi connectivity index (χ2v) is 6.30. The molecule has 1 aromatic carbocycles. The molecule has 1 N–H and O–H groups in total. The summed E-state index contributed by atoms with van der Waals surface area (Å²) in [7, 11) is 1.77. The third kappa shape index (κ3) is 3.60. The van der Waals surface area contributed by atoms with Crippen LogP contribution in [0.5, 0.6) is 0 Å². The number of nitrogens with one attached hydrogen (secondary N) is 1. The van der Waals surface area contributed by atoms with Crippen LogP contribution >= 0.6 is 11.3 Å². The Morgan fingerprint density at radius 2 is 2.21 bits per heavy atom. The molecule has 7 nitrogen and oxygen atoms in total. The molecule has 0 radical (unpaired) electrons. The molecule has 2 heterocycles. The Morgan fingerprint density at radius 3 is 2.96 bits per heavy atom. The zero-order valence-corrected chi connectivity index (χ0v) is 14.3. The Morgan fingerprint density at radius 1 is 1.33 bits per heavy atom. The second-order valence-electron chi connectivity index (χ2n) is 5.26. The number of carbonyl (C=O) groups excluding carboxylic acids is 1. The van der Waals surface area contributed by atoms with Crippen LogP contribution in [0.3, 0.4) is 0 Å². The number of aryl methyl sites for hydroxylation is 1. The third-order valence-corrected chi connectivity index (χ3v) is 4.38. The van der Waals surface area contributed by atoms with E-state index < -0.39 is 0 Å². The van der Waals surface area contributed by atoms with Crippen molar-refractivity contribution >= 4 is 23.1 Å². The molecule has 0 unspecified atom stereocenters. The van der Waals surface area contributed by atoms with E-state index in [2.05, 4.69) is 20.8 Å². The van der Waals surface area contributed by atoms with Crippen LogP contribution in [0.15, 0.2) is 41.8 Å². The molecule has 0 aliphatic heterocycles. The minimum absolute atomic E-state index is 0.157. The van der Waals surface area contributed by atoms with Gasteiger partial charge in [-0.2, -0.15) is 0 Å². The van der Waals surface area contributed by atoms with E-state index in [0.29, 0.717) is 24.6 Å². The fraction of sp³-hybridized carbons (Fsp3) is 0.250. The Labute approximate surface area is 143 Å². The molecule has 0 bridgehead atoms. The molecule has 2 amide bonds. The van der Waals surface area contributed by atoms with E-state index in [1.54, 1.807) is 28.0 Å². The highest BCUT2D eigenvalue weighted by molar-refractivity contribution is 7.09. The van der Waals surface area contributed by atoms with E-state index in [-0.39, 0.29) is 6.03 Å². The Kier molecular flexibility index (Phi) is 4.85. The minimum Gasteiger partial charge on any atom is -0.322 e. The Bertz CT molecular complexity index is 814. The number of thiophene rings is 1. The maximum Gasteiger partial charge on any atom is 0.321 e. The number of amides is 2. The van der Waals surface area contributed by atoms with Gasteiger partial charge in [0.2, 0.25) is 0 Å². The maximum atomic E-state index is 12.3. The first kappa shape index (κ1) is 16.1. The van der Waals surface area contributed by atoms with E-state index in [4.69, 9.17) is 0 Å². The summed E-state index contributed by atoms with van der Waals surface area (Å²) in [5.41, 5.74) is 1.57. The number of carbonyl (C=O) groups is 1. The lowest BCUT2D eigenvalue weighted by molar-refractivity contribution is 0.221. The predicted molar refractivity (Wildman–Crippen MR) is 93.7 cm³/mol. The molecule has 0 atom stereocenters. The molecule has 2 aromatic heterocycles. The molecule has 3 rings (SSSR count). The van der Waals surface area contributed by atoms with E-state index in [1.807, 2.05) is 48.7 Å². The highest BCUT2D eigenvalue weighted by atomic mass is 32.1. The van der Waals surface area contributed by atoms with Gasteiger partial charge in [0, 0.05) is 29.7 Å². The van der Waals surface area contributed by atoms with Crippen molar-refractivity contribution in [1.82, 2.24) is 25.1 Å². The van der Waals surface area contributed by atoms with Gasteiger partial charge in [0.15, 0.2) is 5.82 Å². The summed E-state index contributed by atoms with van der Waals surface area (Å²) in [5.74, 6) is 0.681. The summed E-state index contributed by atoms with van der Waals surface area (Å²) in [6, 6.07) is 11.3. The maximum absolute atomic E-state index is 12.3. The summed E-state index contributed by atoms with van der Waals surface area (Å²) < 4.78 is 1.71. The highest BCUT2D eigenvalue weighted by Crippen LogP contribution is 2.20. The Hall–Kier alpha value is -2.74. The van der Waals surface area contributed by atoms with Crippen molar-refractivity contribution in [2.24, 2.45) is 0 Å². The van der Waals surface area contributed by atoms with Gasteiger partial charge in [0.25, 0.3) is 0 Å². The fourth-order valence-electron chi connectivity index (χ4n) is 2.29. The second kappa shape index (κ2) is 7.22. The zero-order chi connectivity index (χ0) is 16.9. The van der Waals surface area contributed by atoms with E-state index in [9.17, 15) is 4.79 Å². The first-order valence-corrected chi connectivity index (χ1v) is 8.46. The molecule has 0 aliphatic carbocycles. The van der Waals surface area contributed by atoms with Crippen molar-refractivity contribution in [3.63, 3.8) is 0 Å². The number of aromatic nitrogens is 4. The van der Waals surface area contributed by atoms with Gasteiger partial charge in [-0.05, 0) is 40.9 Å². The number of urea groups is 1. The van der Waals surface area contributed by atoms with Crippen LogP contribution in [0, 0.1) is 0 Å². The molecular formula is C16H18N6OS. The molecule has 3 aromatic rings. The van der Waals surface area contributed by atoms with Crippen LogP contribution in [0.25, 0.3) is 11.4 Å². The van der Waals surface area contributed by atoms with Crippen molar-refractivity contribution in [2.75, 3.05) is 12.4 Å². The van der Waals surface area contributed by atoms with Crippen molar-refractivity contribution in [1.29, 1.82) is 0 Å². The van der Waals surface area contributed by atoms with Crippen LogP contribution in [0.1, 0.15) is 11.8 Å². The molecule has 8 heteroatoms. The molecule has 0 saturated heterocycles. The molecule has 0 spiro atoms. The van der Waals surface area contributed by atoms with Crippen LogP contribution in [0.4, 0.5) is 10.5 Å². The van der Waals surface area contributed by atoms with Gasteiger partial charge in [-0.15, -0.1) is 16.4 Å². The summed E-state index contributed by atoms with van der Waals surface area (Å²) in [6.07, 6.45) is 0. The number of rotatable bonds is 5. The molecular weight excluding hydrogens is 324 g/mol. The number of hydrogen-bond acceptors (Lipinski definition) is 5. The summed E-state index contributed by atoms with van der Waals surface area (Å²) in [5, 5.41) is 16.6. The zero-order valence-electron chi connectivity index (χ0n) is 13.5. The summed E-state index contributed by atoms with van der Waals surface area (Å²) in [6.45, 7) is 3.24. The number of tetrazole rings is 1. The van der Waals surface area contributed by atoms with Crippen molar-refractivity contribution in [3.05, 3.63) is 46.7 Å². The smallest absolute Gasteiger partial charge is 0.321 e. The van der Waals surface area contributed by atoms with Gasteiger partial charge in [-0.1, -0.05) is 18.2 Å². The van der Waals surface area contributed by atoms with Crippen molar-refractivity contribution in [3.8, 4) is 11.4 Å². The lowest BCUT2D eigenvalue weighted by atomic mass is 10.2. The monoisotopic (exact) mass is 342 g/mol. The van der Waals surface area contributed by atoms with Crippen LogP contribution < -0.4 is 5.32 Å². The average molecular weight is 342 g/mol. The standard InChI is InChI=1S/C16H18N6OS/c1-3-22-15(18-19-20-22)12-6-4-7-13(10-12)17-16(23)21(2)11-14-8-5-9-24-14/h4-10H,3,11H2,1-2H3,(H,17,23). The van der Waals surface area contributed by atoms with Gasteiger partial charge in [-0.25, -0.2) is 9.48 Å². The lowest BCUT2D eigenvalue weighted by Gasteiger charge is -2.17. The number of anilines is 1. The lowest BCUT2D eigenvalue weighted by Crippen LogP contribution is -2.30. The molecule has 0 saturated carbocycles. The normalized spacial score (nSPS) is 10.6. The molecule has 0 fully saturated rings. The highest BCUT2D eigenvalue weighted by Gasteiger charge is 2.12. The fourth-order valence-corrected chi connectivity index (χ4v) is 3.04. The first-order valence-electron chi connectivity index (χ1n) is 7.58. The number of nitrogens with zero attached hydrogens (tertiary/aromatic N) is 5. The van der Waals surface area contributed by atoms with Gasteiger partial charge in [0.1, 0.15) is 0 Å². The number of benzene rings is 1. The SMILES string of the molecule is CCn1nnnc1-c1cccc(NC(=O)N(C)Cc2cccs2)c1. The number of hydrogen-bond donors (Lipinski definition) is 1. The first-order chi connectivity index (χ1) is 11.7. The quantitative estimate of drug-likeness (QED) is 0.773. The van der Waals surface area contributed by atoms with Crippen LogP contribution in [0.2, 0.25) is 0 Å². The predicted octanol–water partition coefficient (Wildman–Crippen LogP) is 3.09. The molecule has 124 valence electrons. The average Bonchev–Trinajstić information content (AvgIpc) is 3.26. The van der Waals surface area contributed by atoms with Crippen molar-refractivity contribution in [2.45, 2.75) is 20.0 Å². The van der Waals surface area contributed by atoms with Gasteiger partial charge in [-0.3, -0.25) is 0 Å². The van der Waals surface area contributed by atoms with Crippen LogP contribution in [-0.4, -0.2) is 38.2 Å². The summed E-state index contributed by atoms with van der Waals surface area (Å²) >= 11 is 1.63. The third-order valence-electron chi connectivity index (χ3n) is 3.52. The van der Waals surface area contributed by atoms with Crippen LogP contribution in [-0.2, 0) is 13.1 Å². The summed E-state index contributed by atoms with van der Waals surface area (Å²) in [4.78, 5) is 15.1. The van der Waals surface area contributed by atoms with E-state index in [1.165, 1.54) is 0 Å². The van der Waals surface area contributed by atoms with Gasteiger partial charge < -0.3 is 10.2 Å². The topological polar surface area (TPSA) is 75.9 Å². The molecule has 0 aliphatic rings. The van der Waals surface area contributed by atoms with Gasteiger partial charge >= 0.3 is 6.03 Å². The van der Waals surface area contributed by atoms with E-state index >= 15 is 0 Å². The Balaban J connectivity index is 1.71. The minimum atomic E-state index is -0.157.